The Morgan fingerprint density at radius 2 is 2.23 bits per heavy atom. The van der Waals surface area contributed by atoms with Crippen molar-refractivity contribution in [2.24, 2.45) is 11.7 Å². The number of ketones is 1. The third-order valence-electron chi connectivity index (χ3n) is 2.13. The quantitative estimate of drug-likeness (QED) is 0.634. The first-order valence-electron chi connectivity index (χ1n) is 4.85. The van der Waals surface area contributed by atoms with Crippen LogP contribution in [0.4, 0.5) is 0 Å². The van der Waals surface area contributed by atoms with E-state index >= 15 is 0 Å². The van der Waals surface area contributed by atoms with Crippen LogP contribution in [-0.2, 0) is 4.79 Å². The fourth-order valence-corrected chi connectivity index (χ4v) is 1.15. The van der Waals surface area contributed by atoms with Gasteiger partial charge in [0.05, 0.1) is 0 Å². The summed E-state index contributed by atoms with van der Waals surface area (Å²) in [6, 6.07) is 0. The van der Waals surface area contributed by atoms with Gasteiger partial charge < -0.3 is 5.73 Å². The molecule has 74 valence electrons. The highest BCUT2D eigenvalue weighted by Crippen LogP contribution is 2.08. The number of hydrogen-bond donors (Lipinski definition) is 1. The summed E-state index contributed by atoms with van der Waals surface area (Å²) in [5.74, 6) is 6.32. The van der Waals surface area contributed by atoms with Crippen LogP contribution in [0.25, 0.3) is 0 Å². The monoisotopic (exact) mass is 181 g/mol. The molecule has 2 N–H and O–H groups in total. The number of carbonyl (C=O) groups excluding carboxylic acids is 1. The molecule has 0 aromatic rings. The fraction of sp³-hybridized carbons (Fsp3) is 0.727. The van der Waals surface area contributed by atoms with E-state index in [1.54, 1.807) is 6.92 Å². The van der Waals surface area contributed by atoms with Gasteiger partial charge in [0.15, 0.2) is 0 Å². The van der Waals surface area contributed by atoms with Crippen LogP contribution in [-0.4, -0.2) is 12.3 Å². The number of Topliss-reactive ketones (excluding diaryl/α,β-unsaturated/α-hetero) is 1. The molecule has 0 rings (SSSR count). The second-order valence-corrected chi connectivity index (χ2v) is 3.18. The van der Waals surface area contributed by atoms with Gasteiger partial charge in [0.1, 0.15) is 5.78 Å². The summed E-state index contributed by atoms with van der Waals surface area (Å²) in [7, 11) is 0. The van der Waals surface area contributed by atoms with Crippen LogP contribution in [0.15, 0.2) is 0 Å². The first kappa shape index (κ1) is 12.2. The molecule has 0 saturated carbocycles. The molecule has 0 spiro atoms. The van der Waals surface area contributed by atoms with Crippen LogP contribution >= 0.6 is 0 Å². The lowest BCUT2D eigenvalue weighted by Gasteiger charge is -2.09. The second-order valence-electron chi connectivity index (χ2n) is 3.18. The van der Waals surface area contributed by atoms with Crippen molar-refractivity contribution in [3.05, 3.63) is 0 Å². The molecule has 0 heterocycles. The van der Waals surface area contributed by atoms with Gasteiger partial charge in [-0.05, 0) is 19.4 Å². The van der Waals surface area contributed by atoms with E-state index in [-0.39, 0.29) is 0 Å². The van der Waals surface area contributed by atoms with Crippen molar-refractivity contribution in [3.63, 3.8) is 0 Å². The van der Waals surface area contributed by atoms with Gasteiger partial charge in [0.25, 0.3) is 0 Å². The van der Waals surface area contributed by atoms with Gasteiger partial charge in [-0.15, -0.1) is 11.8 Å². The average molecular weight is 181 g/mol. The molecule has 1 unspecified atom stereocenters. The van der Waals surface area contributed by atoms with Crippen LogP contribution in [0.3, 0.4) is 0 Å². The molecule has 0 fully saturated rings. The fourth-order valence-electron chi connectivity index (χ4n) is 1.15. The maximum atomic E-state index is 11.3. The molecule has 0 aromatic heterocycles. The highest BCUT2D eigenvalue weighted by atomic mass is 16.1. The summed E-state index contributed by atoms with van der Waals surface area (Å²) >= 11 is 0. The Labute approximate surface area is 80.9 Å². The smallest absolute Gasteiger partial charge is 0.134 e. The molecule has 0 amide bonds. The highest BCUT2D eigenvalue weighted by molar-refractivity contribution is 5.78. The third kappa shape index (κ3) is 6.36. The van der Waals surface area contributed by atoms with E-state index < -0.39 is 0 Å². The maximum Gasteiger partial charge on any atom is 0.134 e. The van der Waals surface area contributed by atoms with Crippen LogP contribution in [0, 0.1) is 17.8 Å². The average Bonchev–Trinajstić information content (AvgIpc) is 2.14. The molecule has 2 nitrogen and oxygen atoms in total. The van der Waals surface area contributed by atoms with Gasteiger partial charge in [-0.25, -0.2) is 0 Å². The first-order valence-corrected chi connectivity index (χ1v) is 4.85. The maximum absolute atomic E-state index is 11.3. The lowest BCUT2D eigenvalue weighted by atomic mass is 9.98. The van der Waals surface area contributed by atoms with Crippen molar-refractivity contribution in [1.82, 2.24) is 0 Å². The van der Waals surface area contributed by atoms with Crippen LogP contribution in [0.1, 0.15) is 39.5 Å². The summed E-state index contributed by atoms with van der Waals surface area (Å²) in [6.07, 6.45) is 2.88. The van der Waals surface area contributed by atoms with Crippen molar-refractivity contribution >= 4 is 5.78 Å². The predicted molar refractivity (Wildman–Crippen MR) is 55.1 cm³/mol. The standard InChI is InChI=1S/C11H19NO/c1-3-5-6-7-11(13)8-10(4-2)9-12/h10H,4,6-9,12H2,1-2H3. The molecular formula is C11H19NO. The zero-order chi connectivity index (χ0) is 10.1. The molecule has 0 radical (unpaired) electrons. The molecule has 0 aliphatic rings. The molecular weight excluding hydrogens is 162 g/mol. The summed E-state index contributed by atoms with van der Waals surface area (Å²) in [4.78, 5) is 11.3. The van der Waals surface area contributed by atoms with Crippen LogP contribution in [0.2, 0.25) is 0 Å². The minimum Gasteiger partial charge on any atom is -0.330 e. The minimum atomic E-state index is 0.292. The van der Waals surface area contributed by atoms with E-state index in [9.17, 15) is 4.79 Å². The Morgan fingerprint density at radius 1 is 1.54 bits per heavy atom. The largest absolute Gasteiger partial charge is 0.330 e. The highest BCUT2D eigenvalue weighted by Gasteiger charge is 2.09. The number of carbonyl (C=O) groups is 1. The first-order chi connectivity index (χ1) is 6.24. The van der Waals surface area contributed by atoms with Gasteiger partial charge in [-0.3, -0.25) is 4.79 Å². The Balaban J connectivity index is 3.64. The molecule has 0 aromatic carbocycles. The van der Waals surface area contributed by atoms with Gasteiger partial charge in [-0.2, -0.15) is 0 Å². The summed E-state index contributed by atoms with van der Waals surface area (Å²) in [5.41, 5.74) is 5.51. The van der Waals surface area contributed by atoms with Crippen molar-refractivity contribution in [2.75, 3.05) is 6.54 Å². The molecule has 0 bridgehead atoms. The number of hydrogen-bond acceptors (Lipinski definition) is 2. The summed E-state index contributed by atoms with van der Waals surface area (Å²) in [6.45, 7) is 4.47. The lowest BCUT2D eigenvalue weighted by molar-refractivity contribution is -0.119. The topological polar surface area (TPSA) is 43.1 Å². The predicted octanol–water partition coefficient (Wildman–Crippen LogP) is 1.73. The molecule has 2 heteroatoms. The Bertz CT molecular complexity index is 196. The van der Waals surface area contributed by atoms with Crippen molar-refractivity contribution < 1.29 is 4.79 Å². The molecule has 0 aliphatic carbocycles. The molecule has 1 atom stereocenters. The van der Waals surface area contributed by atoms with Crippen molar-refractivity contribution in [3.8, 4) is 11.8 Å². The van der Waals surface area contributed by atoms with Crippen molar-refractivity contribution in [1.29, 1.82) is 0 Å². The molecule has 0 saturated heterocycles. The van der Waals surface area contributed by atoms with Crippen LogP contribution in [0.5, 0.6) is 0 Å². The lowest BCUT2D eigenvalue weighted by Crippen LogP contribution is -2.17. The molecule has 0 aliphatic heterocycles. The van der Waals surface area contributed by atoms with E-state index in [1.165, 1.54) is 0 Å². The summed E-state index contributed by atoms with van der Waals surface area (Å²) in [5, 5.41) is 0. The van der Waals surface area contributed by atoms with E-state index in [4.69, 9.17) is 5.73 Å². The third-order valence-corrected chi connectivity index (χ3v) is 2.13. The Hall–Kier alpha value is -0.810. The SMILES string of the molecule is CC#CCCC(=O)CC(CC)CN. The zero-order valence-corrected chi connectivity index (χ0v) is 8.60. The van der Waals surface area contributed by atoms with Gasteiger partial charge in [-0.1, -0.05) is 13.3 Å². The Kier molecular flexibility index (Phi) is 7.33. The van der Waals surface area contributed by atoms with Gasteiger partial charge in [0.2, 0.25) is 0 Å². The van der Waals surface area contributed by atoms with E-state index in [0.717, 1.165) is 6.42 Å². The Morgan fingerprint density at radius 3 is 2.69 bits per heavy atom. The van der Waals surface area contributed by atoms with Crippen LogP contribution < -0.4 is 5.73 Å². The van der Waals surface area contributed by atoms with Gasteiger partial charge in [0, 0.05) is 19.3 Å². The zero-order valence-electron chi connectivity index (χ0n) is 8.60. The number of nitrogens with two attached hydrogens (primary N) is 1. The van der Waals surface area contributed by atoms with Crippen molar-refractivity contribution in [2.45, 2.75) is 39.5 Å². The normalized spacial score (nSPS) is 11.6. The van der Waals surface area contributed by atoms with E-state index in [0.29, 0.717) is 37.5 Å². The second kappa shape index (κ2) is 7.82. The minimum absolute atomic E-state index is 0.292. The van der Waals surface area contributed by atoms with E-state index in [1.807, 2.05) is 0 Å². The van der Waals surface area contributed by atoms with E-state index in [2.05, 4.69) is 18.8 Å². The molecule has 13 heavy (non-hydrogen) atoms. The summed E-state index contributed by atoms with van der Waals surface area (Å²) < 4.78 is 0. The van der Waals surface area contributed by atoms with Gasteiger partial charge >= 0.3 is 0 Å². The number of rotatable bonds is 6.